The van der Waals surface area contributed by atoms with Gasteiger partial charge in [-0.3, -0.25) is 9.35 Å². The summed E-state index contributed by atoms with van der Waals surface area (Å²) in [4.78, 5) is 12.4. The molecule has 1 amide bonds. The maximum absolute atomic E-state index is 12.4. The minimum atomic E-state index is -4.42. The summed E-state index contributed by atoms with van der Waals surface area (Å²) in [5, 5.41) is 23.0. The standard InChI is InChI=1S/C30H57NO6S/c1-3-5-7-9-11-12-13-14-15-16-17-19-21-23-25-29(33)30(34)31-27(26-38(35,36)37)28(32)24-22-20-18-10-8-6-4-2/h12-13,22,24,27-29,32-33H,3-11,14-21,23,25-26H2,1-2H3,(H,31,34)(H,35,36,37)/b13-12-,24-22+. The number of amides is 1. The van der Waals surface area contributed by atoms with Crippen LogP contribution in [0.2, 0.25) is 0 Å². The highest BCUT2D eigenvalue weighted by molar-refractivity contribution is 7.85. The predicted molar refractivity (Wildman–Crippen MR) is 158 cm³/mol. The SMILES string of the molecule is CCCCCC/C=C\CCCCCCCCC(O)C(=O)NC(CS(=O)(=O)O)C(O)/C=C/CCCCCCC. The average molecular weight is 560 g/mol. The quantitative estimate of drug-likeness (QED) is 0.0535. The van der Waals surface area contributed by atoms with Crippen LogP contribution in [0, 0.1) is 0 Å². The van der Waals surface area contributed by atoms with E-state index in [-0.39, 0.29) is 6.42 Å². The van der Waals surface area contributed by atoms with E-state index in [0.29, 0.717) is 6.42 Å². The van der Waals surface area contributed by atoms with E-state index in [2.05, 4.69) is 31.3 Å². The molecule has 0 rings (SSSR count). The van der Waals surface area contributed by atoms with Crippen molar-refractivity contribution in [3.63, 3.8) is 0 Å². The number of hydrogen-bond donors (Lipinski definition) is 4. The lowest BCUT2D eigenvalue weighted by Gasteiger charge is -2.22. The largest absolute Gasteiger partial charge is 0.387 e. The highest BCUT2D eigenvalue weighted by atomic mass is 32.2. The highest BCUT2D eigenvalue weighted by Gasteiger charge is 2.27. The molecule has 0 aromatic carbocycles. The topological polar surface area (TPSA) is 124 Å². The van der Waals surface area contributed by atoms with Crippen molar-refractivity contribution in [1.82, 2.24) is 5.32 Å². The molecule has 224 valence electrons. The van der Waals surface area contributed by atoms with Crippen molar-refractivity contribution in [1.29, 1.82) is 0 Å². The minimum absolute atomic E-state index is 0.273. The Bertz CT molecular complexity index is 722. The van der Waals surface area contributed by atoms with Crippen molar-refractivity contribution in [2.45, 2.75) is 154 Å². The van der Waals surface area contributed by atoms with Crippen LogP contribution < -0.4 is 5.32 Å². The van der Waals surface area contributed by atoms with Crippen LogP contribution in [0.25, 0.3) is 0 Å². The Labute approximate surface area is 233 Å². The van der Waals surface area contributed by atoms with E-state index in [1.807, 2.05) is 0 Å². The van der Waals surface area contributed by atoms with E-state index in [0.717, 1.165) is 57.8 Å². The maximum atomic E-state index is 12.4. The van der Waals surface area contributed by atoms with Crippen LogP contribution in [0.1, 0.15) is 136 Å². The number of carbonyl (C=O) groups excluding carboxylic acids is 1. The molecule has 0 saturated heterocycles. The molecule has 3 atom stereocenters. The molecule has 0 aromatic rings. The van der Waals surface area contributed by atoms with Crippen LogP contribution in [-0.4, -0.2) is 53.1 Å². The van der Waals surface area contributed by atoms with Gasteiger partial charge in [0.2, 0.25) is 5.91 Å². The molecule has 0 aliphatic heterocycles. The second kappa shape index (κ2) is 24.8. The third-order valence-electron chi connectivity index (χ3n) is 6.73. The molecular formula is C30H57NO6S. The van der Waals surface area contributed by atoms with Gasteiger partial charge in [0.25, 0.3) is 10.1 Å². The second-order valence-electron chi connectivity index (χ2n) is 10.5. The molecule has 0 radical (unpaired) electrons. The number of aliphatic hydroxyl groups excluding tert-OH is 2. The number of rotatable bonds is 26. The summed E-state index contributed by atoms with van der Waals surface area (Å²) in [6.45, 7) is 4.37. The first-order valence-electron chi connectivity index (χ1n) is 15.1. The Hall–Kier alpha value is -1.22. The fourth-order valence-corrected chi connectivity index (χ4v) is 5.06. The van der Waals surface area contributed by atoms with Crippen LogP contribution in [0.15, 0.2) is 24.3 Å². The molecule has 0 heterocycles. The molecule has 0 bridgehead atoms. The fraction of sp³-hybridized carbons (Fsp3) is 0.833. The van der Waals surface area contributed by atoms with E-state index in [9.17, 15) is 28.0 Å². The minimum Gasteiger partial charge on any atom is -0.387 e. The summed E-state index contributed by atoms with van der Waals surface area (Å²) in [5.74, 6) is -1.55. The van der Waals surface area contributed by atoms with E-state index in [1.54, 1.807) is 6.08 Å². The van der Waals surface area contributed by atoms with Crippen molar-refractivity contribution in [3.8, 4) is 0 Å². The van der Waals surface area contributed by atoms with Gasteiger partial charge in [-0.15, -0.1) is 0 Å². The lowest BCUT2D eigenvalue weighted by molar-refractivity contribution is -0.130. The summed E-state index contributed by atoms with van der Waals surface area (Å²) in [5.41, 5.74) is 0. The predicted octanol–water partition coefficient (Wildman–Crippen LogP) is 6.64. The molecule has 8 heteroatoms. The third-order valence-corrected chi connectivity index (χ3v) is 7.51. The van der Waals surface area contributed by atoms with Gasteiger partial charge in [-0.05, 0) is 44.9 Å². The lowest BCUT2D eigenvalue weighted by atomic mass is 10.0. The number of carbonyl (C=O) groups is 1. The van der Waals surface area contributed by atoms with Crippen LogP contribution in [0.5, 0.6) is 0 Å². The van der Waals surface area contributed by atoms with E-state index in [4.69, 9.17) is 0 Å². The van der Waals surface area contributed by atoms with Gasteiger partial charge >= 0.3 is 0 Å². The molecule has 7 nitrogen and oxygen atoms in total. The molecule has 0 saturated carbocycles. The summed E-state index contributed by atoms with van der Waals surface area (Å²) >= 11 is 0. The number of allylic oxidation sites excluding steroid dienone is 3. The highest BCUT2D eigenvalue weighted by Crippen LogP contribution is 2.12. The third kappa shape index (κ3) is 23.9. The van der Waals surface area contributed by atoms with E-state index < -0.39 is 40.0 Å². The monoisotopic (exact) mass is 559 g/mol. The van der Waals surface area contributed by atoms with Crippen LogP contribution >= 0.6 is 0 Å². The van der Waals surface area contributed by atoms with Gasteiger partial charge in [0.15, 0.2) is 0 Å². The smallest absolute Gasteiger partial charge is 0.267 e. The van der Waals surface area contributed by atoms with Crippen molar-refractivity contribution in [2.75, 3.05) is 5.75 Å². The summed E-state index contributed by atoms with van der Waals surface area (Å²) in [6, 6.07) is -1.23. The summed E-state index contributed by atoms with van der Waals surface area (Å²) < 4.78 is 32.0. The Morgan fingerprint density at radius 2 is 1.16 bits per heavy atom. The van der Waals surface area contributed by atoms with Crippen LogP contribution in [0.4, 0.5) is 0 Å². The molecule has 38 heavy (non-hydrogen) atoms. The number of hydrogen-bond acceptors (Lipinski definition) is 5. The normalized spacial score (nSPS) is 14.8. The van der Waals surface area contributed by atoms with Gasteiger partial charge in [0.1, 0.15) is 6.10 Å². The number of aliphatic hydroxyl groups is 2. The fourth-order valence-electron chi connectivity index (χ4n) is 4.33. The Balaban J connectivity index is 4.18. The van der Waals surface area contributed by atoms with Crippen molar-refractivity contribution >= 4 is 16.0 Å². The maximum Gasteiger partial charge on any atom is 0.267 e. The Morgan fingerprint density at radius 1 is 0.711 bits per heavy atom. The molecule has 3 unspecified atom stereocenters. The molecule has 0 fully saturated rings. The molecule has 0 spiro atoms. The van der Waals surface area contributed by atoms with Crippen molar-refractivity contribution < 1.29 is 28.0 Å². The van der Waals surface area contributed by atoms with Crippen LogP contribution in [0.3, 0.4) is 0 Å². The first-order valence-corrected chi connectivity index (χ1v) is 16.8. The number of nitrogens with one attached hydrogen (secondary N) is 1. The van der Waals surface area contributed by atoms with Gasteiger partial charge in [0.05, 0.1) is 17.9 Å². The molecule has 0 aliphatic carbocycles. The zero-order chi connectivity index (χ0) is 28.5. The van der Waals surface area contributed by atoms with Gasteiger partial charge in [-0.1, -0.05) is 115 Å². The van der Waals surface area contributed by atoms with Crippen LogP contribution in [-0.2, 0) is 14.9 Å². The zero-order valence-corrected chi connectivity index (χ0v) is 25.0. The van der Waals surface area contributed by atoms with Gasteiger partial charge in [0, 0.05) is 0 Å². The second-order valence-corrected chi connectivity index (χ2v) is 12.0. The molecular weight excluding hydrogens is 502 g/mol. The summed E-state index contributed by atoms with van der Waals surface area (Å²) in [6.07, 6.45) is 25.4. The number of unbranched alkanes of at least 4 members (excludes halogenated alkanes) is 15. The van der Waals surface area contributed by atoms with Gasteiger partial charge < -0.3 is 15.5 Å². The van der Waals surface area contributed by atoms with E-state index >= 15 is 0 Å². The Kier molecular flexibility index (Phi) is 24.0. The van der Waals surface area contributed by atoms with Crippen molar-refractivity contribution in [3.05, 3.63) is 24.3 Å². The first kappa shape index (κ1) is 36.8. The van der Waals surface area contributed by atoms with Gasteiger partial charge in [-0.2, -0.15) is 8.42 Å². The molecule has 0 aliphatic rings. The summed E-state index contributed by atoms with van der Waals surface area (Å²) in [7, 11) is -4.42. The zero-order valence-electron chi connectivity index (χ0n) is 24.2. The molecule has 0 aromatic heterocycles. The van der Waals surface area contributed by atoms with E-state index in [1.165, 1.54) is 57.4 Å². The lowest BCUT2D eigenvalue weighted by Crippen LogP contribution is -2.50. The van der Waals surface area contributed by atoms with Gasteiger partial charge in [-0.25, -0.2) is 0 Å². The Morgan fingerprint density at radius 3 is 1.68 bits per heavy atom. The van der Waals surface area contributed by atoms with Crippen molar-refractivity contribution in [2.24, 2.45) is 0 Å². The average Bonchev–Trinajstić information content (AvgIpc) is 2.86. The first-order chi connectivity index (χ1) is 18.2. The molecule has 4 N–H and O–H groups in total.